The molecule has 0 bridgehead atoms. The number of benzene rings is 1. The minimum absolute atomic E-state index is 0.160. The number of halogens is 1. The van der Waals surface area contributed by atoms with E-state index in [9.17, 15) is 4.39 Å². The van der Waals surface area contributed by atoms with Crippen molar-refractivity contribution in [2.24, 2.45) is 0 Å². The van der Waals surface area contributed by atoms with Crippen LogP contribution in [0.2, 0.25) is 0 Å². The molecule has 1 aliphatic rings. The van der Waals surface area contributed by atoms with E-state index in [1.807, 2.05) is 0 Å². The highest BCUT2D eigenvalue weighted by atomic mass is 19.1. The van der Waals surface area contributed by atoms with Crippen molar-refractivity contribution in [3.63, 3.8) is 0 Å². The third-order valence-corrected chi connectivity index (χ3v) is 2.56. The molecule has 1 fully saturated rings. The molecular formula is C11H15FN2O. The maximum atomic E-state index is 13.1. The van der Waals surface area contributed by atoms with Crippen molar-refractivity contribution in [2.45, 2.75) is 18.9 Å². The number of hydrogen-bond donors (Lipinski definition) is 2. The largest absolute Gasteiger partial charge is 0.490 e. The van der Waals surface area contributed by atoms with Gasteiger partial charge in [0.2, 0.25) is 0 Å². The fourth-order valence-corrected chi connectivity index (χ4v) is 1.69. The lowest BCUT2D eigenvalue weighted by Crippen LogP contribution is -2.34. The average molecular weight is 210 g/mol. The molecule has 1 aromatic carbocycles. The molecule has 1 saturated heterocycles. The van der Waals surface area contributed by atoms with Crippen LogP contribution in [0.5, 0.6) is 5.75 Å². The van der Waals surface area contributed by atoms with Crippen LogP contribution in [0.3, 0.4) is 0 Å². The first-order valence-corrected chi connectivity index (χ1v) is 5.18. The molecule has 4 heteroatoms. The van der Waals surface area contributed by atoms with Crippen molar-refractivity contribution in [3.05, 3.63) is 24.0 Å². The number of rotatable bonds is 2. The lowest BCUT2D eigenvalue weighted by molar-refractivity contribution is 0.162. The third kappa shape index (κ3) is 2.59. The Labute approximate surface area is 88.4 Å². The van der Waals surface area contributed by atoms with Crippen LogP contribution < -0.4 is 15.8 Å². The maximum Gasteiger partial charge on any atom is 0.149 e. The number of piperidine rings is 1. The summed E-state index contributed by atoms with van der Waals surface area (Å²) in [6.07, 6.45) is 2.12. The molecule has 15 heavy (non-hydrogen) atoms. The summed E-state index contributed by atoms with van der Waals surface area (Å²) in [5.41, 5.74) is 5.54. The number of nitrogens with two attached hydrogens (primary N) is 1. The Morgan fingerprint density at radius 2 is 2.07 bits per heavy atom. The van der Waals surface area contributed by atoms with Crippen LogP contribution in [-0.2, 0) is 0 Å². The first kappa shape index (κ1) is 10.2. The fraction of sp³-hybridized carbons (Fsp3) is 0.455. The van der Waals surface area contributed by atoms with Gasteiger partial charge >= 0.3 is 0 Å². The molecule has 0 aliphatic carbocycles. The summed E-state index contributed by atoms with van der Waals surface area (Å²) in [5.74, 6) is 0.148. The smallest absolute Gasteiger partial charge is 0.149 e. The summed E-state index contributed by atoms with van der Waals surface area (Å²) in [6.45, 7) is 1.92. The first-order valence-electron chi connectivity index (χ1n) is 5.18. The van der Waals surface area contributed by atoms with E-state index >= 15 is 0 Å². The molecule has 0 saturated carbocycles. The van der Waals surface area contributed by atoms with E-state index in [0.717, 1.165) is 25.9 Å². The van der Waals surface area contributed by atoms with Crippen LogP contribution in [-0.4, -0.2) is 19.2 Å². The Kier molecular flexibility index (Phi) is 3.06. The summed E-state index contributed by atoms with van der Waals surface area (Å²) in [6, 6.07) is 4.59. The fourth-order valence-electron chi connectivity index (χ4n) is 1.69. The van der Waals surface area contributed by atoms with Gasteiger partial charge in [0.1, 0.15) is 17.7 Å². The quantitative estimate of drug-likeness (QED) is 0.728. The van der Waals surface area contributed by atoms with Crippen LogP contribution in [0.4, 0.5) is 10.1 Å². The summed E-state index contributed by atoms with van der Waals surface area (Å²) >= 11 is 0. The normalized spacial score (nSPS) is 17.7. The van der Waals surface area contributed by atoms with Crippen LogP contribution in [0.15, 0.2) is 18.2 Å². The van der Waals surface area contributed by atoms with E-state index in [1.54, 1.807) is 6.07 Å². The number of nitrogens with one attached hydrogen (secondary N) is 1. The van der Waals surface area contributed by atoms with Gasteiger partial charge in [0.25, 0.3) is 0 Å². The minimum Gasteiger partial charge on any atom is -0.490 e. The van der Waals surface area contributed by atoms with Crippen molar-refractivity contribution in [2.75, 3.05) is 18.8 Å². The Bertz CT molecular complexity index is 337. The third-order valence-electron chi connectivity index (χ3n) is 2.56. The molecular weight excluding hydrogens is 195 g/mol. The standard InChI is InChI=1S/C11H15FN2O/c12-10-7-9(1-2-11(10)13)15-8-3-5-14-6-4-8/h1-2,7-8,14H,3-6,13H2. The lowest BCUT2D eigenvalue weighted by atomic mass is 10.1. The monoisotopic (exact) mass is 210 g/mol. The molecule has 1 heterocycles. The van der Waals surface area contributed by atoms with E-state index in [-0.39, 0.29) is 11.8 Å². The molecule has 1 aliphatic heterocycles. The number of hydrogen-bond acceptors (Lipinski definition) is 3. The molecule has 1 aromatic rings. The number of nitrogen functional groups attached to an aromatic ring is 1. The molecule has 2 rings (SSSR count). The van der Waals surface area contributed by atoms with Crippen molar-refractivity contribution >= 4 is 5.69 Å². The second-order valence-electron chi connectivity index (χ2n) is 3.75. The topological polar surface area (TPSA) is 47.3 Å². The summed E-state index contributed by atoms with van der Waals surface area (Å²) < 4.78 is 18.8. The number of ether oxygens (including phenoxy) is 1. The van der Waals surface area contributed by atoms with Crippen LogP contribution in [0, 0.1) is 5.82 Å². The van der Waals surface area contributed by atoms with Gasteiger partial charge in [-0.3, -0.25) is 0 Å². The van der Waals surface area contributed by atoms with Gasteiger partial charge in [-0.15, -0.1) is 0 Å². The van der Waals surface area contributed by atoms with Crippen molar-refractivity contribution in [1.82, 2.24) is 5.32 Å². The van der Waals surface area contributed by atoms with Gasteiger partial charge in [0.05, 0.1) is 5.69 Å². The highest BCUT2D eigenvalue weighted by Crippen LogP contribution is 2.21. The van der Waals surface area contributed by atoms with Gasteiger partial charge in [0.15, 0.2) is 0 Å². The molecule has 0 aromatic heterocycles. The van der Waals surface area contributed by atoms with Crippen molar-refractivity contribution < 1.29 is 9.13 Å². The Morgan fingerprint density at radius 3 is 2.73 bits per heavy atom. The second-order valence-corrected chi connectivity index (χ2v) is 3.75. The minimum atomic E-state index is -0.415. The zero-order chi connectivity index (χ0) is 10.7. The van der Waals surface area contributed by atoms with Gasteiger partial charge in [-0.25, -0.2) is 4.39 Å². The lowest BCUT2D eigenvalue weighted by Gasteiger charge is -2.23. The predicted molar refractivity (Wildman–Crippen MR) is 57.3 cm³/mol. The van der Waals surface area contributed by atoms with Crippen LogP contribution in [0.25, 0.3) is 0 Å². The molecule has 0 unspecified atom stereocenters. The second kappa shape index (κ2) is 4.49. The van der Waals surface area contributed by atoms with Gasteiger partial charge in [-0.2, -0.15) is 0 Å². The Morgan fingerprint density at radius 1 is 1.33 bits per heavy atom. The van der Waals surface area contributed by atoms with Gasteiger partial charge < -0.3 is 15.8 Å². The van der Waals surface area contributed by atoms with Crippen LogP contribution >= 0.6 is 0 Å². The van der Waals surface area contributed by atoms with Crippen molar-refractivity contribution in [3.8, 4) is 5.75 Å². The predicted octanol–water partition coefficient (Wildman–Crippen LogP) is 1.54. The Hall–Kier alpha value is -1.29. The maximum absolute atomic E-state index is 13.1. The summed E-state index contributed by atoms with van der Waals surface area (Å²) in [4.78, 5) is 0. The van der Waals surface area contributed by atoms with E-state index in [1.165, 1.54) is 12.1 Å². The zero-order valence-electron chi connectivity index (χ0n) is 8.50. The Balaban J connectivity index is 2.00. The van der Waals surface area contributed by atoms with E-state index in [2.05, 4.69) is 5.32 Å². The van der Waals surface area contributed by atoms with Gasteiger partial charge in [-0.05, 0) is 38.1 Å². The SMILES string of the molecule is Nc1ccc(OC2CCNCC2)cc1F. The molecule has 0 amide bonds. The molecule has 0 atom stereocenters. The van der Waals surface area contributed by atoms with E-state index < -0.39 is 5.82 Å². The molecule has 3 nitrogen and oxygen atoms in total. The summed E-state index contributed by atoms with van der Waals surface area (Å²) in [5, 5.41) is 3.25. The highest BCUT2D eigenvalue weighted by Gasteiger charge is 2.14. The molecule has 3 N–H and O–H groups in total. The summed E-state index contributed by atoms with van der Waals surface area (Å²) in [7, 11) is 0. The van der Waals surface area contributed by atoms with Gasteiger partial charge in [-0.1, -0.05) is 0 Å². The zero-order valence-corrected chi connectivity index (χ0v) is 8.50. The average Bonchev–Trinajstić information content (AvgIpc) is 2.25. The first-order chi connectivity index (χ1) is 7.25. The van der Waals surface area contributed by atoms with Gasteiger partial charge in [0, 0.05) is 6.07 Å². The molecule has 0 radical (unpaired) electrons. The number of anilines is 1. The molecule has 82 valence electrons. The molecule has 0 spiro atoms. The van der Waals surface area contributed by atoms with E-state index in [0.29, 0.717) is 5.75 Å². The van der Waals surface area contributed by atoms with Crippen LogP contribution in [0.1, 0.15) is 12.8 Å². The van der Waals surface area contributed by atoms with E-state index in [4.69, 9.17) is 10.5 Å². The van der Waals surface area contributed by atoms with Crippen molar-refractivity contribution in [1.29, 1.82) is 0 Å². The highest BCUT2D eigenvalue weighted by molar-refractivity contribution is 5.43.